The van der Waals surface area contributed by atoms with E-state index < -0.39 is 17.6 Å². The van der Waals surface area contributed by atoms with Crippen molar-refractivity contribution in [1.29, 1.82) is 0 Å². The van der Waals surface area contributed by atoms with Crippen molar-refractivity contribution in [2.75, 3.05) is 11.4 Å². The van der Waals surface area contributed by atoms with Crippen LogP contribution in [0, 0.1) is 11.6 Å². The molecule has 3 aromatic heterocycles. The van der Waals surface area contributed by atoms with E-state index in [1.54, 1.807) is 15.4 Å². The van der Waals surface area contributed by atoms with Crippen LogP contribution in [0.3, 0.4) is 0 Å². The van der Waals surface area contributed by atoms with Gasteiger partial charge in [-0.3, -0.25) is 9.48 Å². The van der Waals surface area contributed by atoms with Crippen molar-refractivity contribution in [3.63, 3.8) is 0 Å². The summed E-state index contributed by atoms with van der Waals surface area (Å²) < 4.78 is 31.7. The summed E-state index contributed by atoms with van der Waals surface area (Å²) in [6, 6.07) is 6.72. The molecule has 0 radical (unpaired) electrons. The first-order valence-corrected chi connectivity index (χ1v) is 12.2. The molecule has 4 aromatic rings. The molecule has 2 aliphatic rings. The van der Waals surface area contributed by atoms with Crippen LogP contribution in [-0.2, 0) is 13.0 Å². The highest BCUT2D eigenvalue weighted by Gasteiger charge is 2.30. The zero-order valence-electron chi connectivity index (χ0n) is 19.8. The van der Waals surface area contributed by atoms with Gasteiger partial charge in [0.05, 0.1) is 41.8 Å². The van der Waals surface area contributed by atoms with Crippen LogP contribution in [0.15, 0.2) is 48.9 Å². The van der Waals surface area contributed by atoms with Gasteiger partial charge < -0.3 is 15.3 Å². The molecule has 0 aliphatic carbocycles. The van der Waals surface area contributed by atoms with Crippen LogP contribution in [-0.4, -0.2) is 49.0 Å². The van der Waals surface area contributed by atoms with Gasteiger partial charge in [0.15, 0.2) is 0 Å². The Morgan fingerprint density at radius 2 is 1.89 bits per heavy atom. The van der Waals surface area contributed by atoms with Crippen molar-refractivity contribution in [2.24, 2.45) is 0 Å². The van der Waals surface area contributed by atoms with Crippen molar-refractivity contribution in [2.45, 2.75) is 44.3 Å². The number of fused-ring (bicyclic) bond motifs is 2. The van der Waals surface area contributed by atoms with Gasteiger partial charge in [-0.05, 0) is 56.0 Å². The van der Waals surface area contributed by atoms with E-state index in [2.05, 4.69) is 15.5 Å². The van der Waals surface area contributed by atoms with Crippen LogP contribution in [0.1, 0.15) is 57.3 Å². The number of nitrogens with one attached hydrogen (secondary N) is 1. The number of halogens is 2. The molecule has 2 unspecified atom stereocenters. The summed E-state index contributed by atoms with van der Waals surface area (Å²) in [4.78, 5) is 26.6. The highest BCUT2D eigenvalue weighted by Crippen LogP contribution is 2.38. The molecular weight excluding hydrogens is 482 g/mol. The molecule has 1 fully saturated rings. The van der Waals surface area contributed by atoms with Gasteiger partial charge >= 0.3 is 5.97 Å². The van der Waals surface area contributed by atoms with Gasteiger partial charge in [0.2, 0.25) is 0 Å². The van der Waals surface area contributed by atoms with Crippen molar-refractivity contribution >= 4 is 23.1 Å². The van der Waals surface area contributed by atoms with E-state index in [0.29, 0.717) is 54.7 Å². The van der Waals surface area contributed by atoms with E-state index in [1.807, 2.05) is 17.0 Å². The van der Waals surface area contributed by atoms with Crippen LogP contribution >= 0.6 is 0 Å². The minimum atomic E-state index is -1.01. The SMILES string of the molecule is O=C(O)c1cnn2c1CCC(NC(=O)c1cnn3ccc(N4CCCC4c4cc(F)ccc4F)cc13)C2. The number of carboxylic acids is 1. The second-order valence-corrected chi connectivity index (χ2v) is 9.49. The molecule has 5 heterocycles. The minimum Gasteiger partial charge on any atom is -0.478 e. The zero-order chi connectivity index (χ0) is 25.7. The first-order chi connectivity index (χ1) is 17.9. The molecule has 2 aliphatic heterocycles. The van der Waals surface area contributed by atoms with Gasteiger partial charge in [0, 0.05) is 30.0 Å². The van der Waals surface area contributed by atoms with Crippen LogP contribution in [0.25, 0.3) is 5.52 Å². The fourth-order valence-electron chi connectivity index (χ4n) is 5.49. The number of aromatic carboxylic acids is 1. The molecule has 190 valence electrons. The van der Waals surface area contributed by atoms with Crippen LogP contribution in [0.2, 0.25) is 0 Å². The molecule has 2 N–H and O–H groups in total. The van der Waals surface area contributed by atoms with Crippen LogP contribution in [0.4, 0.5) is 14.5 Å². The Hall–Kier alpha value is -4.28. The Morgan fingerprint density at radius 1 is 1.05 bits per heavy atom. The number of nitrogens with zero attached hydrogens (tertiary/aromatic N) is 5. The first-order valence-electron chi connectivity index (χ1n) is 12.2. The number of carbonyl (C=O) groups is 2. The second kappa shape index (κ2) is 8.99. The van der Waals surface area contributed by atoms with E-state index in [-0.39, 0.29) is 23.6 Å². The molecule has 6 rings (SSSR count). The predicted molar refractivity (Wildman–Crippen MR) is 130 cm³/mol. The van der Waals surface area contributed by atoms with Gasteiger partial charge in [-0.2, -0.15) is 10.2 Å². The quantitative estimate of drug-likeness (QED) is 0.429. The molecule has 37 heavy (non-hydrogen) atoms. The zero-order valence-corrected chi connectivity index (χ0v) is 19.8. The third-order valence-electron chi connectivity index (χ3n) is 7.29. The van der Waals surface area contributed by atoms with Gasteiger partial charge in [-0.15, -0.1) is 0 Å². The molecule has 1 saturated heterocycles. The maximum absolute atomic E-state index is 14.5. The number of pyridine rings is 1. The maximum atomic E-state index is 14.5. The summed E-state index contributed by atoms with van der Waals surface area (Å²) in [7, 11) is 0. The number of carbonyl (C=O) groups excluding carboxylic acids is 1. The smallest absolute Gasteiger partial charge is 0.339 e. The van der Waals surface area contributed by atoms with Gasteiger partial charge in [-0.1, -0.05) is 0 Å². The molecule has 1 aromatic carbocycles. The third-order valence-corrected chi connectivity index (χ3v) is 7.29. The van der Waals surface area contributed by atoms with Gasteiger partial charge in [0.25, 0.3) is 5.91 Å². The summed E-state index contributed by atoms with van der Waals surface area (Å²) in [6.07, 6.45) is 7.22. The normalized spacial score (nSPS) is 19.2. The van der Waals surface area contributed by atoms with Gasteiger partial charge in [0.1, 0.15) is 17.2 Å². The number of carboxylic acid groups (broad SMARTS) is 1. The maximum Gasteiger partial charge on any atom is 0.339 e. The number of hydrogen-bond acceptors (Lipinski definition) is 5. The lowest BCUT2D eigenvalue weighted by Gasteiger charge is -2.27. The lowest BCUT2D eigenvalue weighted by molar-refractivity contribution is 0.0694. The van der Waals surface area contributed by atoms with Crippen molar-refractivity contribution in [3.05, 3.63) is 82.9 Å². The molecule has 2 atom stereocenters. The molecular formula is C26H24F2N6O3. The minimum absolute atomic E-state index is 0.193. The fraction of sp³-hybridized carbons (Fsp3) is 0.308. The average Bonchev–Trinajstić information content (AvgIpc) is 3.62. The number of benzene rings is 1. The highest BCUT2D eigenvalue weighted by atomic mass is 19.1. The number of anilines is 1. The lowest BCUT2D eigenvalue weighted by atomic mass is 10.0. The Labute approximate surface area is 210 Å². The Morgan fingerprint density at radius 3 is 2.73 bits per heavy atom. The molecule has 0 spiro atoms. The number of hydrogen-bond donors (Lipinski definition) is 2. The average molecular weight is 507 g/mol. The predicted octanol–water partition coefficient (Wildman–Crippen LogP) is 3.59. The first kappa shape index (κ1) is 23.1. The Balaban J connectivity index is 1.24. The van der Waals surface area contributed by atoms with E-state index in [4.69, 9.17) is 0 Å². The summed E-state index contributed by atoms with van der Waals surface area (Å²) >= 11 is 0. The molecule has 0 saturated carbocycles. The molecule has 11 heteroatoms. The van der Waals surface area contributed by atoms with Crippen LogP contribution < -0.4 is 10.2 Å². The standard InChI is InChI=1S/C26H24F2N6O3/c27-15-3-5-21(28)18(10-15)22-2-1-8-32(22)17-7-9-33-24(11-17)19(12-29-33)25(35)31-16-4-6-23-20(26(36)37)13-30-34(23)14-16/h3,5,7,9-13,16,22H,1-2,4,6,8,14H2,(H,31,35)(H,36,37). The van der Waals surface area contributed by atoms with Crippen molar-refractivity contribution in [1.82, 2.24) is 24.7 Å². The van der Waals surface area contributed by atoms with E-state index in [1.165, 1.54) is 18.5 Å². The van der Waals surface area contributed by atoms with Crippen molar-refractivity contribution in [3.8, 4) is 0 Å². The number of amides is 1. The van der Waals surface area contributed by atoms with Gasteiger partial charge in [-0.25, -0.2) is 18.1 Å². The highest BCUT2D eigenvalue weighted by molar-refractivity contribution is 6.01. The number of rotatable bonds is 5. The second-order valence-electron chi connectivity index (χ2n) is 9.49. The van der Waals surface area contributed by atoms with E-state index in [9.17, 15) is 23.5 Å². The molecule has 1 amide bonds. The molecule has 0 bridgehead atoms. The summed E-state index contributed by atoms with van der Waals surface area (Å²) in [5.41, 5.74) is 2.97. The Kier molecular flexibility index (Phi) is 5.62. The molecule has 9 nitrogen and oxygen atoms in total. The largest absolute Gasteiger partial charge is 0.478 e. The van der Waals surface area contributed by atoms with E-state index >= 15 is 0 Å². The van der Waals surface area contributed by atoms with Crippen LogP contribution in [0.5, 0.6) is 0 Å². The van der Waals surface area contributed by atoms with Crippen molar-refractivity contribution < 1.29 is 23.5 Å². The summed E-state index contributed by atoms with van der Waals surface area (Å²) in [6.45, 7) is 1.06. The number of aromatic nitrogens is 4. The van der Waals surface area contributed by atoms with E-state index in [0.717, 1.165) is 24.2 Å². The lowest BCUT2D eigenvalue weighted by Crippen LogP contribution is -2.41. The topological polar surface area (TPSA) is 105 Å². The summed E-state index contributed by atoms with van der Waals surface area (Å²) in [5, 5.41) is 20.8. The fourth-order valence-corrected chi connectivity index (χ4v) is 5.49. The Bertz CT molecular complexity index is 1530. The summed E-state index contributed by atoms with van der Waals surface area (Å²) in [5.74, 6) is -2.21. The third kappa shape index (κ3) is 4.09. The monoisotopic (exact) mass is 506 g/mol.